The third-order valence-electron chi connectivity index (χ3n) is 11.6. The maximum atomic E-state index is 12.6. The predicted octanol–water partition coefficient (Wildman–Crippen LogP) is 9.30. The van der Waals surface area contributed by atoms with Gasteiger partial charge in [0, 0.05) is 31.4 Å². The number of hydrogen-bond acceptors (Lipinski definition) is 10. The first-order chi connectivity index (χ1) is 24.5. The van der Waals surface area contributed by atoms with Crippen LogP contribution in [0.3, 0.4) is 0 Å². The van der Waals surface area contributed by atoms with Crippen molar-refractivity contribution in [1.82, 2.24) is 0 Å². The number of nitrogens with zero attached hydrogens (tertiary/aromatic N) is 2. The van der Waals surface area contributed by atoms with Gasteiger partial charge in [-0.15, -0.1) is 34.0 Å². The fourth-order valence-electron chi connectivity index (χ4n) is 9.82. The monoisotopic (exact) mass is 735 g/mol. The summed E-state index contributed by atoms with van der Waals surface area (Å²) in [5.41, 5.74) is 8.18. The molecule has 4 atom stereocenters. The van der Waals surface area contributed by atoms with E-state index in [2.05, 4.69) is 66.4 Å². The molecule has 0 spiro atoms. The first-order valence-corrected chi connectivity index (χ1v) is 20.3. The van der Waals surface area contributed by atoms with Gasteiger partial charge in [0.25, 0.3) is 0 Å². The quantitative estimate of drug-likeness (QED) is 0.115. The summed E-state index contributed by atoms with van der Waals surface area (Å²) in [5.74, 6) is 3.37. The highest BCUT2D eigenvalue weighted by atomic mass is 32.1. The topological polar surface area (TPSA) is 97.8 Å². The Hall–Kier alpha value is -3.88. The molecule has 10 heteroatoms. The van der Waals surface area contributed by atoms with Gasteiger partial charge in [0.1, 0.15) is 30.5 Å². The molecule has 3 saturated carbocycles. The van der Waals surface area contributed by atoms with Crippen LogP contribution in [0.1, 0.15) is 56.7 Å². The summed E-state index contributed by atoms with van der Waals surface area (Å²) in [7, 11) is 0. The number of thiophene rings is 3. The van der Waals surface area contributed by atoms with Gasteiger partial charge in [-0.05, 0) is 107 Å². The summed E-state index contributed by atoms with van der Waals surface area (Å²) in [6.45, 7) is 9.56. The van der Waals surface area contributed by atoms with Gasteiger partial charge < -0.3 is 24.8 Å². The van der Waals surface area contributed by atoms with Gasteiger partial charge in [0.05, 0.1) is 20.2 Å². The number of fused-ring (bicyclic) bond motifs is 3. The van der Waals surface area contributed by atoms with E-state index in [0.29, 0.717) is 37.5 Å². The van der Waals surface area contributed by atoms with E-state index < -0.39 is 11.6 Å². The maximum absolute atomic E-state index is 12.6. The van der Waals surface area contributed by atoms with E-state index in [0.717, 1.165) is 52.7 Å². The molecule has 4 fully saturated rings. The van der Waals surface area contributed by atoms with Crippen LogP contribution < -0.4 is 20.1 Å². The highest BCUT2D eigenvalue weighted by molar-refractivity contribution is 7.31. The summed E-state index contributed by atoms with van der Waals surface area (Å²) in [6, 6.07) is 17.3. The van der Waals surface area contributed by atoms with Crippen molar-refractivity contribution >= 4 is 66.7 Å². The first-order valence-electron chi connectivity index (χ1n) is 17.8. The zero-order valence-electron chi connectivity index (χ0n) is 29.2. The van der Waals surface area contributed by atoms with Crippen LogP contribution in [-0.4, -0.2) is 42.4 Å². The van der Waals surface area contributed by atoms with Gasteiger partial charge >= 0.3 is 5.97 Å². The van der Waals surface area contributed by atoms with Crippen molar-refractivity contribution < 1.29 is 19.0 Å². The molecular formula is C41H41N3O4S3. The molecule has 4 aromatic rings. The summed E-state index contributed by atoms with van der Waals surface area (Å²) < 4.78 is 20.4. The fraction of sp³-hybridized carbons (Fsp3) is 0.415. The van der Waals surface area contributed by atoms with E-state index in [9.17, 15) is 10.1 Å². The molecule has 51 heavy (non-hydrogen) atoms. The van der Waals surface area contributed by atoms with Crippen LogP contribution >= 0.6 is 34.0 Å². The summed E-state index contributed by atoms with van der Waals surface area (Å²) in [4.78, 5) is 19.5. The van der Waals surface area contributed by atoms with Gasteiger partial charge in [-0.3, -0.25) is 0 Å². The molecule has 4 unspecified atom stereocenters. The average Bonchev–Trinajstić information content (AvgIpc) is 3.89. The normalized spacial score (nSPS) is 29.0. The van der Waals surface area contributed by atoms with E-state index >= 15 is 0 Å². The van der Waals surface area contributed by atoms with Crippen molar-refractivity contribution in [2.24, 2.45) is 29.4 Å². The molecule has 5 heterocycles. The van der Waals surface area contributed by atoms with Gasteiger partial charge in [-0.1, -0.05) is 36.4 Å². The number of anilines is 1. The van der Waals surface area contributed by atoms with Crippen molar-refractivity contribution in [2.75, 3.05) is 24.7 Å². The van der Waals surface area contributed by atoms with Crippen molar-refractivity contribution in [1.29, 1.82) is 5.26 Å². The molecule has 0 amide bonds. The molecule has 2 aliphatic heterocycles. The second-order valence-corrected chi connectivity index (χ2v) is 18.9. The number of benzene rings is 1. The number of esters is 1. The zero-order valence-corrected chi connectivity index (χ0v) is 31.7. The van der Waals surface area contributed by atoms with Crippen LogP contribution in [-0.2, 0) is 9.53 Å². The second-order valence-electron chi connectivity index (χ2n) is 15.6. The number of carbonyl (C=O) groups is 1. The minimum absolute atomic E-state index is 0.00397. The van der Waals surface area contributed by atoms with Gasteiger partial charge in [0.15, 0.2) is 11.5 Å². The van der Waals surface area contributed by atoms with Crippen molar-refractivity contribution in [3.8, 4) is 27.3 Å². The second kappa shape index (κ2) is 11.8. The molecule has 1 saturated heterocycles. The molecule has 0 radical (unpaired) electrons. The number of rotatable bonds is 7. The lowest BCUT2D eigenvalue weighted by molar-refractivity contribution is -0.149. The smallest absolute Gasteiger partial charge is 0.349 e. The number of ether oxygens (including phenoxy) is 3. The van der Waals surface area contributed by atoms with E-state index in [1.54, 1.807) is 60.9 Å². The predicted molar refractivity (Wildman–Crippen MR) is 207 cm³/mol. The third kappa shape index (κ3) is 4.99. The summed E-state index contributed by atoms with van der Waals surface area (Å²) >= 11 is 5.01. The lowest BCUT2D eigenvalue weighted by Gasteiger charge is -2.51. The molecule has 7 nitrogen and oxygen atoms in total. The third-order valence-corrected chi connectivity index (χ3v) is 15.2. The Kier molecular flexibility index (Phi) is 7.65. The minimum atomic E-state index is -0.670. The van der Waals surface area contributed by atoms with Gasteiger partial charge in [0.2, 0.25) is 0 Å². The molecule has 3 aromatic heterocycles. The Morgan fingerprint density at radius 2 is 1.80 bits per heavy atom. The van der Waals surface area contributed by atoms with Crippen LogP contribution in [0, 0.1) is 35.0 Å². The lowest BCUT2D eigenvalue weighted by Crippen LogP contribution is -2.57. The Bertz CT molecular complexity index is 2160. The van der Waals surface area contributed by atoms with Crippen LogP contribution in [0.4, 0.5) is 5.69 Å². The van der Waals surface area contributed by atoms with E-state index in [1.807, 2.05) is 12.1 Å². The van der Waals surface area contributed by atoms with E-state index in [-0.39, 0.29) is 16.7 Å². The lowest BCUT2D eigenvalue weighted by atomic mass is 9.70. The number of nitrogens with two attached hydrogens (primary N) is 1. The highest BCUT2D eigenvalue weighted by Gasteiger charge is 2.74. The van der Waals surface area contributed by atoms with E-state index in [4.69, 9.17) is 19.9 Å². The van der Waals surface area contributed by atoms with E-state index in [1.165, 1.54) is 24.1 Å². The molecule has 4 aliphatic carbocycles. The molecule has 1 aromatic carbocycles. The van der Waals surface area contributed by atoms with Crippen LogP contribution in [0.5, 0.6) is 11.5 Å². The molecule has 262 valence electrons. The number of nitriles is 1. The zero-order chi connectivity index (χ0) is 35.3. The number of para-hydroxylation sites is 1. The standard InChI is InChI=1S/C41H41N3O4S3/c1-39(2,3)48-38(45)25(22-43)18-28-20-30-31(49-28)21-32(50-30)37-35-34(46-14-15-47-35)36(51-37)23-10-11-40(4)29(19-23)33-24-16-26(17-24)41(33,12-13-42)44(40)27-8-6-5-7-9-27/h5-11,18-21,24,26,29,33H,12-17,42H2,1-4H3/b25-18+. The van der Waals surface area contributed by atoms with Crippen LogP contribution in [0.15, 0.2) is 66.3 Å². The van der Waals surface area contributed by atoms with Crippen molar-refractivity contribution in [3.05, 3.63) is 76.0 Å². The van der Waals surface area contributed by atoms with Crippen molar-refractivity contribution in [3.63, 3.8) is 0 Å². The molecule has 10 rings (SSSR count). The first kappa shape index (κ1) is 33.0. The minimum Gasteiger partial charge on any atom is -0.485 e. The maximum Gasteiger partial charge on any atom is 0.349 e. The Balaban J connectivity index is 1.08. The van der Waals surface area contributed by atoms with Crippen LogP contribution in [0.25, 0.3) is 30.8 Å². The number of carbonyl (C=O) groups excluding carboxylic acids is 1. The Morgan fingerprint density at radius 1 is 1.08 bits per heavy atom. The molecule has 2 N–H and O–H groups in total. The SMILES string of the molecule is CC(C)(C)OC(=O)/C(C#N)=C/c1cc2sc(-c3sc(C4=CC5C6C7CC(C7)C6(CCN)N(c6ccccc6)C5(C)C=C4)c4c3OCCO4)cc2s1. The number of hydrogen-bond donors (Lipinski definition) is 1. The van der Waals surface area contributed by atoms with Gasteiger partial charge in [-0.25, -0.2) is 4.79 Å². The Labute approximate surface area is 310 Å². The Morgan fingerprint density at radius 3 is 2.49 bits per heavy atom. The largest absolute Gasteiger partial charge is 0.485 e. The summed E-state index contributed by atoms with van der Waals surface area (Å²) in [6.07, 6.45) is 12.6. The van der Waals surface area contributed by atoms with Crippen LogP contribution in [0.2, 0.25) is 0 Å². The summed E-state index contributed by atoms with van der Waals surface area (Å²) in [5, 5.41) is 9.67. The van der Waals surface area contributed by atoms with Gasteiger partial charge in [-0.2, -0.15) is 5.26 Å². The molecular weight excluding hydrogens is 695 g/mol. The number of allylic oxidation sites excluding steroid dienone is 2. The highest BCUT2D eigenvalue weighted by Crippen LogP contribution is 2.72. The van der Waals surface area contributed by atoms with Crippen molar-refractivity contribution in [2.45, 2.75) is 63.6 Å². The molecule has 6 aliphatic rings. The average molecular weight is 736 g/mol. The molecule has 2 bridgehead atoms. The fourth-order valence-corrected chi connectivity index (χ4v) is 13.5.